The molecule has 34 heavy (non-hydrogen) atoms. The second-order valence-corrected chi connectivity index (χ2v) is 8.09. The Kier molecular flexibility index (Phi) is 9.11. The van der Waals surface area contributed by atoms with Gasteiger partial charge in [-0.1, -0.05) is 49.2 Å². The molecule has 0 atom stereocenters. The minimum atomic E-state index is -0.386. The number of hydrogen-bond donors (Lipinski definition) is 2. The zero-order valence-corrected chi connectivity index (χ0v) is 19.6. The maximum absolute atomic E-state index is 13.8. The SMILES string of the molecule is Cc1cccc(C)c1N(c1ncccn1)N(CCCCCCC(=O)NO)C(=O)c1ccccc1. The first-order valence-corrected chi connectivity index (χ1v) is 11.5. The number of rotatable bonds is 11. The molecular weight excluding hydrogens is 430 g/mol. The third-order valence-corrected chi connectivity index (χ3v) is 5.54. The lowest BCUT2D eigenvalue weighted by Gasteiger charge is -2.36. The summed E-state index contributed by atoms with van der Waals surface area (Å²) in [4.78, 5) is 33.9. The molecule has 0 aliphatic rings. The van der Waals surface area contributed by atoms with Crippen LogP contribution < -0.4 is 10.5 Å². The van der Waals surface area contributed by atoms with Gasteiger partial charge in [0.1, 0.15) is 0 Å². The molecule has 2 aromatic carbocycles. The number of carbonyl (C=O) groups is 2. The van der Waals surface area contributed by atoms with Crippen LogP contribution in [0.1, 0.15) is 53.6 Å². The van der Waals surface area contributed by atoms with Crippen molar-refractivity contribution in [2.24, 2.45) is 0 Å². The second kappa shape index (κ2) is 12.5. The fourth-order valence-electron chi connectivity index (χ4n) is 3.85. The van der Waals surface area contributed by atoms with Crippen LogP contribution in [0, 0.1) is 13.8 Å². The van der Waals surface area contributed by atoms with Gasteiger partial charge in [-0.2, -0.15) is 0 Å². The van der Waals surface area contributed by atoms with Crippen LogP contribution in [0.5, 0.6) is 0 Å². The molecule has 0 spiro atoms. The third kappa shape index (κ3) is 6.39. The molecule has 178 valence electrons. The molecule has 2 N–H and O–H groups in total. The summed E-state index contributed by atoms with van der Waals surface area (Å²) in [5, 5.41) is 12.2. The number of unbranched alkanes of at least 4 members (excludes halogenated alkanes) is 3. The molecule has 8 heteroatoms. The smallest absolute Gasteiger partial charge is 0.272 e. The number of hydrogen-bond acceptors (Lipinski definition) is 6. The maximum atomic E-state index is 13.8. The van der Waals surface area contributed by atoms with E-state index in [4.69, 9.17) is 5.21 Å². The van der Waals surface area contributed by atoms with Gasteiger partial charge in [-0.05, 0) is 56.0 Å². The number of nitrogens with one attached hydrogen (secondary N) is 1. The van der Waals surface area contributed by atoms with Crippen LogP contribution >= 0.6 is 0 Å². The summed E-state index contributed by atoms with van der Waals surface area (Å²) in [7, 11) is 0. The average molecular weight is 462 g/mol. The van der Waals surface area contributed by atoms with Crippen LogP contribution in [-0.2, 0) is 4.79 Å². The lowest BCUT2D eigenvalue weighted by molar-refractivity contribution is -0.129. The van der Waals surface area contributed by atoms with Gasteiger partial charge in [-0.25, -0.2) is 25.5 Å². The number of benzene rings is 2. The number of hydroxylamine groups is 1. The summed E-state index contributed by atoms with van der Waals surface area (Å²) < 4.78 is 0. The molecule has 1 aromatic heterocycles. The highest BCUT2D eigenvalue weighted by Crippen LogP contribution is 2.32. The summed E-state index contributed by atoms with van der Waals surface area (Å²) >= 11 is 0. The molecule has 2 amide bonds. The zero-order valence-electron chi connectivity index (χ0n) is 19.6. The molecule has 0 unspecified atom stereocenters. The first-order valence-electron chi connectivity index (χ1n) is 11.5. The Morgan fingerprint density at radius 3 is 2.15 bits per heavy atom. The Labute approximate surface area is 200 Å². The van der Waals surface area contributed by atoms with Gasteiger partial charge >= 0.3 is 0 Å². The van der Waals surface area contributed by atoms with Crippen molar-refractivity contribution in [3.05, 3.63) is 83.7 Å². The molecule has 0 saturated heterocycles. The quantitative estimate of drug-likeness (QED) is 0.243. The first-order chi connectivity index (χ1) is 16.5. The molecule has 0 bridgehead atoms. The Hall–Kier alpha value is -3.78. The number of aryl methyl sites for hydroxylation is 2. The topological polar surface area (TPSA) is 98.7 Å². The van der Waals surface area contributed by atoms with Crippen LogP contribution in [0.25, 0.3) is 0 Å². The minimum absolute atomic E-state index is 0.143. The fourth-order valence-corrected chi connectivity index (χ4v) is 3.85. The van der Waals surface area contributed by atoms with Crippen LogP contribution in [0.3, 0.4) is 0 Å². The number of hydrazine groups is 1. The monoisotopic (exact) mass is 461 g/mol. The van der Waals surface area contributed by atoms with Crippen molar-refractivity contribution in [1.29, 1.82) is 0 Å². The molecule has 0 aliphatic carbocycles. The Morgan fingerprint density at radius 1 is 0.853 bits per heavy atom. The predicted molar refractivity (Wildman–Crippen MR) is 131 cm³/mol. The largest absolute Gasteiger partial charge is 0.289 e. The average Bonchev–Trinajstić information content (AvgIpc) is 2.87. The van der Waals surface area contributed by atoms with E-state index in [9.17, 15) is 9.59 Å². The molecular formula is C26H31N5O3. The van der Waals surface area contributed by atoms with Gasteiger partial charge < -0.3 is 0 Å². The molecule has 1 heterocycles. The summed E-state index contributed by atoms with van der Waals surface area (Å²) in [6.07, 6.45) is 6.64. The van der Waals surface area contributed by atoms with Crippen molar-refractivity contribution >= 4 is 23.5 Å². The van der Waals surface area contributed by atoms with E-state index < -0.39 is 0 Å². The van der Waals surface area contributed by atoms with Crippen molar-refractivity contribution in [2.45, 2.75) is 46.0 Å². The van der Waals surface area contributed by atoms with Gasteiger partial charge in [0.15, 0.2) is 0 Å². The summed E-state index contributed by atoms with van der Waals surface area (Å²) in [6, 6.07) is 16.9. The predicted octanol–water partition coefficient (Wildman–Crippen LogP) is 4.74. The number of aromatic nitrogens is 2. The highest BCUT2D eigenvalue weighted by atomic mass is 16.5. The van der Waals surface area contributed by atoms with Gasteiger partial charge in [0, 0.05) is 30.9 Å². The third-order valence-electron chi connectivity index (χ3n) is 5.54. The van der Waals surface area contributed by atoms with E-state index in [0.717, 1.165) is 36.1 Å². The maximum Gasteiger partial charge on any atom is 0.272 e. The van der Waals surface area contributed by atoms with E-state index in [1.165, 1.54) is 0 Å². The Bertz CT molecular complexity index is 1060. The Morgan fingerprint density at radius 2 is 1.50 bits per heavy atom. The highest BCUT2D eigenvalue weighted by Gasteiger charge is 2.28. The van der Waals surface area contributed by atoms with E-state index in [-0.39, 0.29) is 18.2 Å². The normalized spacial score (nSPS) is 10.6. The molecule has 3 rings (SSSR count). The first kappa shape index (κ1) is 24.9. The lowest BCUT2D eigenvalue weighted by atomic mass is 10.1. The van der Waals surface area contributed by atoms with Crippen molar-refractivity contribution in [2.75, 3.05) is 11.6 Å². The zero-order chi connectivity index (χ0) is 24.3. The molecule has 0 fully saturated rings. The summed E-state index contributed by atoms with van der Waals surface area (Å²) in [5.74, 6) is -0.109. The van der Waals surface area contributed by atoms with Crippen molar-refractivity contribution < 1.29 is 14.8 Å². The lowest BCUT2D eigenvalue weighted by Crippen LogP contribution is -2.46. The Balaban J connectivity index is 1.92. The van der Waals surface area contributed by atoms with E-state index in [2.05, 4.69) is 9.97 Å². The minimum Gasteiger partial charge on any atom is -0.289 e. The van der Waals surface area contributed by atoms with E-state index in [0.29, 0.717) is 24.5 Å². The van der Waals surface area contributed by atoms with Crippen molar-refractivity contribution in [3.8, 4) is 0 Å². The van der Waals surface area contributed by atoms with Crippen LogP contribution in [0.4, 0.5) is 11.6 Å². The molecule has 3 aromatic rings. The van der Waals surface area contributed by atoms with Crippen LogP contribution in [0.2, 0.25) is 0 Å². The fraction of sp³-hybridized carbons (Fsp3) is 0.308. The number of nitrogens with zero attached hydrogens (tertiary/aromatic N) is 4. The number of carbonyl (C=O) groups excluding carboxylic acids is 2. The highest BCUT2D eigenvalue weighted by molar-refractivity contribution is 5.96. The van der Waals surface area contributed by atoms with Gasteiger partial charge in [0.05, 0.1) is 5.69 Å². The molecule has 0 radical (unpaired) electrons. The van der Waals surface area contributed by atoms with E-state index in [1.54, 1.807) is 41.1 Å². The molecule has 8 nitrogen and oxygen atoms in total. The molecule has 0 saturated carbocycles. The summed E-state index contributed by atoms with van der Waals surface area (Å²) in [5.41, 5.74) is 5.12. The van der Waals surface area contributed by atoms with Crippen molar-refractivity contribution in [1.82, 2.24) is 20.5 Å². The number of anilines is 2. The number of para-hydroxylation sites is 1. The van der Waals surface area contributed by atoms with Crippen LogP contribution in [0.15, 0.2) is 67.0 Å². The van der Waals surface area contributed by atoms with Gasteiger partial charge in [0.25, 0.3) is 5.91 Å². The summed E-state index contributed by atoms with van der Waals surface area (Å²) in [6.45, 7) is 4.47. The van der Waals surface area contributed by atoms with E-state index in [1.807, 2.05) is 55.3 Å². The standard InChI is InChI=1S/C26H31N5O3/c1-20-12-10-13-21(2)24(20)31(26-27-17-11-18-28-26)30(25(33)22-14-6-5-7-15-22)19-9-4-3-8-16-23(32)29-34/h5-7,10-15,17-18,34H,3-4,8-9,16,19H2,1-2H3,(H,29,32). The number of amides is 2. The van der Waals surface area contributed by atoms with E-state index >= 15 is 0 Å². The van der Waals surface area contributed by atoms with Crippen LogP contribution in [-0.4, -0.2) is 38.5 Å². The van der Waals surface area contributed by atoms with Gasteiger partial charge in [-0.3, -0.25) is 14.8 Å². The molecule has 0 aliphatic heterocycles. The van der Waals surface area contributed by atoms with Crippen molar-refractivity contribution in [3.63, 3.8) is 0 Å². The van der Waals surface area contributed by atoms with Gasteiger partial charge in [-0.15, -0.1) is 0 Å². The second-order valence-electron chi connectivity index (χ2n) is 8.09. The van der Waals surface area contributed by atoms with Gasteiger partial charge in [0.2, 0.25) is 11.9 Å².